The van der Waals surface area contributed by atoms with Gasteiger partial charge in [0.05, 0.1) is 44.5 Å². The predicted octanol–water partition coefficient (Wildman–Crippen LogP) is 4.76. The number of rotatable bonds is 10. The lowest BCUT2D eigenvalue weighted by molar-refractivity contribution is -0.140. The number of nitriles is 2. The Morgan fingerprint density at radius 1 is 0.678 bits per heavy atom. The van der Waals surface area contributed by atoms with Crippen LogP contribution in [-0.2, 0) is 9.59 Å². The van der Waals surface area contributed by atoms with Crippen LogP contribution in [0.3, 0.4) is 0 Å². The van der Waals surface area contributed by atoms with Crippen molar-refractivity contribution in [3.05, 3.63) is 127 Å². The van der Waals surface area contributed by atoms with Crippen LogP contribution in [-0.4, -0.2) is 63.3 Å². The number of aliphatic hydroxyl groups is 2. The molecule has 0 unspecified atom stereocenters. The molecule has 4 aromatic carbocycles. The van der Waals surface area contributed by atoms with Crippen molar-refractivity contribution < 1.29 is 52.1 Å². The molecule has 3 amide bonds. The molecule has 0 aromatic heterocycles. The number of carbonyl (C=O) groups excluding carboxylic acids is 3. The van der Waals surface area contributed by atoms with E-state index in [-0.39, 0.29) is 21.2 Å². The minimum Gasteiger partial charge on any atom is -0.480 e. The Labute approximate surface area is 344 Å². The van der Waals surface area contributed by atoms with Gasteiger partial charge in [0.15, 0.2) is 6.04 Å². The highest BCUT2D eigenvalue weighted by Crippen LogP contribution is 2.29. The number of carboxylic acids is 1. The molecule has 0 aliphatic heterocycles. The molecular weight excluding hydrogens is 827 g/mol. The van der Waals surface area contributed by atoms with Gasteiger partial charge in [-0.3, -0.25) is 30.7 Å². The molecule has 4 aromatic rings. The fourth-order valence-corrected chi connectivity index (χ4v) is 5.09. The Morgan fingerprint density at radius 2 is 1.08 bits per heavy atom. The number of hydrazine groups is 2. The number of aliphatic hydroxyl groups excluding tert-OH is 2. The molecule has 0 saturated heterocycles. The Hall–Kier alpha value is -6.48. The third-order valence-electron chi connectivity index (χ3n) is 7.93. The molecule has 0 heterocycles. The first-order valence-corrected chi connectivity index (χ1v) is 17.5. The molecule has 4 rings (SSSR count). The summed E-state index contributed by atoms with van der Waals surface area (Å²) in [6, 6.07) is 12.5. The number of nitrogens with zero attached hydrogens (tertiary/aromatic N) is 2. The summed E-state index contributed by atoms with van der Waals surface area (Å²) in [6.45, 7) is 6.03. The van der Waals surface area contributed by atoms with Crippen molar-refractivity contribution in [2.75, 3.05) is 10.6 Å². The molecule has 0 fully saturated rings. The lowest BCUT2D eigenvalue weighted by Crippen LogP contribution is -2.52. The van der Waals surface area contributed by atoms with Crippen LogP contribution in [0.15, 0.2) is 60.7 Å². The van der Waals surface area contributed by atoms with Crippen molar-refractivity contribution >= 4 is 58.3 Å². The molecule has 0 aliphatic carbocycles. The van der Waals surface area contributed by atoms with Crippen LogP contribution in [0, 0.1) is 59.8 Å². The molecule has 0 spiro atoms. The number of halogens is 6. The van der Waals surface area contributed by atoms with E-state index in [1.165, 1.54) is 32.0 Å². The zero-order valence-corrected chi connectivity index (χ0v) is 32.8. The quantitative estimate of drug-likeness (QED) is 0.0453. The second kappa shape index (κ2) is 22.5. The van der Waals surface area contributed by atoms with Gasteiger partial charge in [-0.05, 0) is 87.4 Å². The van der Waals surface area contributed by atoms with Crippen LogP contribution in [0.4, 0.5) is 28.9 Å². The zero-order valence-electron chi connectivity index (χ0n) is 31.3. The molecule has 0 radical (unpaired) electrons. The normalized spacial score (nSPS) is 12.2. The number of hydrogen-bond acceptors (Lipinski definition) is 11. The Kier molecular flexibility index (Phi) is 18.5. The fourth-order valence-electron chi connectivity index (χ4n) is 4.67. The molecule has 21 heteroatoms. The largest absolute Gasteiger partial charge is 0.480 e. The highest BCUT2D eigenvalue weighted by molar-refractivity contribution is 6.33. The Balaban J connectivity index is 0.000000339. The van der Waals surface area contributed by atoms with E-state index in [2.05, 4.69) is 16.1 Å². The van der Waals surface area contributed by atoms with Crippen molar-refractivity contribution in [2.24, 2.45) is 5.84 Å². The molecule has 0 bridgehead atoms. The van der Waals surface area contributed by atoms with Gasteiger partial charge >= 0.3 is 5.97 Å². The number of carbonyl (C=O) groups is 4. The van der Waals surface area contributed by atoms with Crippen LogP contribution < -0.4 is 32.8 Å². The Morgan fingerprint density at radius 3 is 1.44 bits per heavy atom. The molecule has 4 atom stereocenters. The molecule has 0 saturated carbocycles. The zero-order chi connectivity index (χ0) is 44.7. The van der Waals surface area contributed by atoms with E-state index in [9.17, 15) is 47.0 Å². The van der Waals surface area contributed by atoms with E-state index in [0.717, 1.165) is 24.3 Å². The van der Waals surface area contributed by atoms with Crippen LogP contribution in [0.2, 0.25) is 10.0 Å². The second-order valence-electron chi connectivity index (χ2n) is 12.2. The van der Waals surface area contributed by atoms with Gasteiger partial charge in [0.25, 0.3) is 17.7 Å². The number of nitrogens with two attached hydrogens (primary N) is 1. The maximum atomic E-state index is 13.6. The standard InChI is InChI=1S/C19H17ClF2N4O3.C12H13ClN2O3.C7H6F2N2O/c1-9-15(6-3-11(8-23)16(9)20)24-17(10(2)27)19(29)26-25-18(28)13-5-4-12(21)7-14(13)22;1-6-9(4-3-8(5-14)10(6)13)15-11(7(2)16)12(17)18;8-4-1-2-5(6(9)3-4)7(12)11-10/h3-7,10,17,24,27H,1-2H3,(H,25,28)(H,26,29);3-4,7,11,15-16H,1-2H3,(H,17,18);1-3H,10H2,(H,11,12)/t10-,17-;7-,11-;/m11./s1. The van der Waals surface area contributed by atoms with Crippen LogP contribution in [0.5, 0.6) is 0 Å². The molecule has 312 valence electrons. The monoisotopic (exact) mass is 862 g/mol. The van der Waals surface area contributed by atoms with Gasteiger partial charge in [0, 0.05) is 23.5 Å². The average molecular weight is 864 g/mol. The summed E-state index contributed by atoms with van der Waals surface area (Å²) in [5.41, 5.74) is 7.58. The summed E-state index contributed by atoms with van der Waals surface area (Å²) >= 11 is 12.1. The number of nitrogens with one attached hydrogen (secondary N) is 5. The van der Waals surface area contributed by atoms with E-state index in [0.29, 0.717) is 40.2 Å². The molecule has 59 heavy (non-hydrogen) atoms. The van der Waals surface area contributed by atoms with Gasteiger partial charge in [-0.1, -0.05) is 23.2 Å². The summed E-state index contributed by atoms with van der Waals surface area (Å²) in [7, 11) is 0. The third kappa shape index (κ3) is 13.6. The first-order chi connectivity index (χ1) is 27.7. The summed E-state index contributed by atoms with van der Waals surface area (Å²) in [6.07, 6.45) is -2.25. The Bertz CT molecular complexity index is 2290. The predicted molar refractivity (Wildman–Crippen MR) is 208 cm³/mol. The lowest BCUT2D eigenvalue weighted by atomic mass is 10.1. The number of aliphatic carboxylic acids is 1. The lowest BCUT2D eigenvalue weighted by Gasteiger charge is -2.23. The second-order valence-corrected chi connectivity index (χ2v) is 12.9. The van der Waals surface area contributed by atoms with Crippen molar-refractivity contribution in [1.29, 1.82) is 10.5 Å². The number of benzene rings is 4. The maximum Gasteiger partial charge on any atom is 0.328 e. The van der Waals surface area contributed by atoms with Crippen molar-refractivity contribution in [3.63, 3.8) is 0 Å². The molecular formula is C38H36Cl2F4N8O7. The van der Waals surface area contributed by atoms with E-state index in [1.54, 1.807) is 25.3 Å². The van der Waals surface area contributed by atoms with Crippen LogP contribution >= 0.6 is 23.2 Å². The minimum atomic E-state index is -1.21. The molecule has 0 aliphatic rings. The first-order valence-electron chi connectivity index (χ1n) is 16.7. The van der Waals surface area contributed by atoms with E-state index in [4.69, 9.17) is 44.7 Å². The highest BCUT2D eigenvalue weighted by atomic mass is 35.5. The van der Waals surface area contributed by atoms with Crippen LogP contribution in [0.25, 0.3) is 0 Å². The van der Waals surface area contributed by atoms with E-state index >= 15 is 0 Å². The first kappa shape index (κ1) is 48.7. The molecule has 15 nitrogen and oxygen atoms in total. The van der Waals surface area contributed by atoms with Gasteiger partial charge in [-0.15, -0.1) is 0 Å². The minimum absolute atomic E-state index is 0.197. The van der Waals surface area contributed by atoms with Gasteiger partial charge < -0.3 is 26.0 Å². The summed E-state index contributed by atoms with van der Waals surface area (Å²) in [5.74, 6) is -2.63. The van der Waals surface area contributed by atoms with Gasteiger partial charge in [-0.2, -0.15) is 10.5 Å². The highest BCUT2D eigenvalue weighted by Gasteiger charge is 2.26. The number of nitrogen functional groups attached to an aromatic ring is 1. The maximum absolute atomic E-state index is 13.6. The summed E-state index contributed by atoms with van der Waals surface area (Å²) < 4.78 is 51.6. The SMILES string of the molecule is Cc1c(N[C@@H](C(=O)NNC(=O)c2ccc(F)cc2F)[C@@H](C)O)ccc(C#N)c1Cl.Cc1c(N[C@@H](C(=O)O)[C@@H](C)O)ccc(C#N)c1Cl.NNC(=O)c1ccc(F)cc1F. The topological polar surface area (TPSA) is 263 Å². The summed E-state index contributed by atoms with van der Waals surface area (Å²) in [5, 5.41) is 52.0. The fraction of sp³-hybridized carbons (Fsp3) is 0.211. The van der Waals surface area contributed by atoms with Crippen molar-refractivity contribution in [2.45, 2.75) is 52.0 Å². The number of amides is 3. The van der Waals surface area contributed by atoms with Crippen LogP contribution in [0.1, 0.15) is 56.8 Å². The number of carboxylic acid groups (broad SMARTS) is 1. The third-order valence-corrected chi connectivity index (χ3v) is 8.90. The van der Waals surface area contributed by atoms with Crippen molar-refractivity contribution in [1.82, 2.24) is 16.3 Å². The van der Waals surface area contributed by atoms with Gasteiger partial charge in [0.1, 0.15) is 41.4 Å². The van der Waals surface area contributed by atoms with E-state index < -0.39 is 76.8 Å². The number of hydrogen-bond donors (Lipinski definition) is 9. The number of anilines is 2. The average Bonchev–Trinajstić information content (AvgIpc) is 3.17. The molecule has 10 N–H and O–H groups in total. The van der Waals surface area contributed by atoms with Gasteiger partial charge in [0.2, 0.25) is 0 Å². The van der Waals surface area contributed by atoms with Gasteiger partial charge in [-0.25, -0.2) is 28.2 Å². The summed E-state index contributed by atoms with van der Waals surface area (Å²) in [4.78, 5) is 46.1. The smallest absolute Gasteiger partial charge is 0.328 e. The van der Waals surface area contributed by atoms with E-state index in [1.807, 2.05) is 17.6 Å². The van der Waals surface area contributed by atoms with Crippen molar-refractivity contribution in [3.8, 4) is 12.1 Å².